The van der Waals surface area contributed by atoms with Gasteiger partial charge in [-0.1, -0.05) is 0 Å². The average Bonchev–Trinajstić information content (AvgIpc) is 3.25. The van der Waals surface area contributed by atoms with Crippen LogP contribution < -0.4 is 9.62 Å². The first-order valence-corrected chi connectivity index (χ1v) is 13.1. The quantitative estimate of drug-likeness (QED) is 0.631. The highest BCUT2D eigenvalue weighted by Crippen LogP contribution is 2.37. The number of hydrogen-bond acceptors (Lipinski definition) is 7. The summed E-state index contributed by atoms with van der Waals surface area (Å²) in [5.74, 6) is -1.21. The van der Waals surface area contributed by atoms with E-state index in [2.05, 4.69) is 9.71 Å². The highest BCUT2D eigenvalue weighted by molar-refractivity contribution is 7.89. The number of aromatic carboxylic acids is 1. The number of piperazine rings is 1. The number of amides is 1. The van der Waals surface area contributed by atoms with Gasteiger partial charge in [-0.3, -0.25) is 9.30 Å². The van der Waals surface area contributed by atoms with Crippen molar-refractivity contribution in [3.8, 4) is 0 Å². The smallest absolute Gasteiger partial charge is 0.410 e. The van der Waals surface area contributed by atoms with Crippen molar-refractivity contribution in [2.45, 2.75) is 82.5 Å². The zero-order valence-electron chi connectivity index (χ0n) is 20.9. The van der Waals surface area contributed by atoms with Crippen molar-refractivity contribution in [1.82, 2.24) is 19.0 Å². The number of fused-ring (bicyclic) bond motifs is 1. The van der Waals surface area contributed by atoms with E-state index in [4.69, 9.17) is 4.74 Å². The third-order valence-corrected chi connectivity index (χ3v) is 7.94. The Balaban J connectivity index is 1.73. The average molecular weight is 508 g/mol. The lowest BCUT2D eigenvalue weighted by molar-refractivity contribution is 0.00565. The molecule has 0 aromatic carbocycles. The Morgan fingerprint density at radius 3 is 2.31 bits per heavy atom. The van der Waals surface area contributed by atoms with Gasteiger partial charge in [-0.15, -0.1) is 0 Å². The molecule has 0 radical (unpaired) electrons. The molecule has 2 N–H and O–H groups in total. The summed E-state index contributed by atoms with van der Waals surface area (Å²) < 4.78 is 36.0. The predicted octanol–water partition coefficient (Wildman–Crippen LogP) is 2.70. The highest BCUT2D eigenvalue weighted by atomic mass is 32.2. The van der Waals surface area contributed by atoms with Crippen LogP contribution in [0, 0.1) is 0 Å². The van der Waals surface area contributed by atoms with Crippen LogP contribution in [0.1, 0.15) is 64.9 Å². The summed E-state index contributed by atoms with van der Waals surface area (Å²) >= 11 is 0. The SMILES string of the molecule is C[C@H]1CN(c2cc(S(=O)(=O)NC3(C)CC3)cn3c(C(=O)O)cnc23)C[C@H](C)N1C(=O)OC(C)(C)C. The first-order valence-electron chi connectivity index (χ1n) is 11.6. The second kappa shape index (κ2) is 8.37. The van der Waals surface area contributed by atoms with E-state index in [0.29, 0.717) is 24.4 Å². The lowest BCUT2D eigenvalue weighted by Gasteiger charge is -2.45. The fraction of sp³-hybridized carbons (Fsp3) is 0.609. The molecule has 2 aromatic rings. The van der Waals surface area contributed by atoms with E-state index in [-0.39, 0.29) is 22.7 Å². The molecule has 1 aliphatic heterocycles. The minimum atomic E-state index is -3.90. The largest absolute Gasteiger partial charge is 0.477 e. The molecule has 0 bridgehead atoms. The summed E-state index contributed by atoms with van der Waals surface area (Å²) in [4.78, 5) is 32.5. The van der Waals surface area contributed by atoms with E-state index < -0.39 is 33.2 Å². The van der Waals surface area contributed by atoms with Crippen LogP contribution in [0.4, 0.5) is 10.5 Å². The number of ether oxygens (including phenoxy) is 1. The summed E-state index contributed by atoms with van der Waals surface area (Å²) in [5, 5.41) is 9.64. The normalized spacial score (nSPS) is 22.3. The second-order valence-corrected chi connectivity index (χ2v) is 12.5. The number of hydrogen-bond donors (Lipinski definition) is 2. The third-order valence-electron chi connectivity index (χ3n) is 6.34. The topological polar surface area (TPSA) is 134 Å². The Morgan fingerprint density at radius 1 is 1.20 bits per heavy atom. The van der Waals surface area contributed by atoms with Gasteiger partial charge in [0.2, 0.25) is 10.0 Å². The number of carbonyl (C=O) groups excluding carboxylic acids is 1. The van der Waals surface area contributed by atoms with Crippen molar-refractivity contribution in [2.75, 3.05) is 18.0 Å². The van der Waals surface area contributed by atoms with Gasteiger partial charge in [0.1, 0.15) is 10.5 Å². The standard InChI is InChI=1S/C23H33N5O6S/c1-14-11-26(12-15(2)28(14)21(31)34-22(3,4)5)17-9-16(35(32,33)25-23(6)7-8-23)13-27-18(20(29)30)10-24-19(17)27/h9-10,13-15,25H,7-8,11-12H2,1-6H3,(H,29,30)/t14-,15-/m0/s1. The number of carbonyl (C=O) groups is 2. The Hall–Kier alpha value is -2.86. The maximum absolute atomic E-state index is 13.2. The van der Waals surface area contributed by atoms with Gasteiger partial charge in [-0.2, -0.15) is 0 Å². The van der Waals surface area contributed by atoms with E-state index in [1.54, 1.807) is 4.90 Å². The Morgan fingerprint density at radius 2 is 1.80 bits per heavy atom. The molecule has 3 heterocycles. The molecule has 0 spiro atoms. The van der Waals surface area contributed by atoms with Crippen LogP contribution in [-0.4, -0.2) is 76.2 Å². The molecular formula is C23H33N5O6S. The highest BCUT2D eigenvalue weighted by Gasteiger charge is 2.42. The molecule has 12 heteroatoms. The summed E-state index contributed by atoms with van der Waals surface area (Å²) in [7, 11) is -3.90. The number of carboxylic acids is 1. The van der Waals surface area contributed by atoms with Gasteiger partial charge >= 0.3 is 12.1 Å². The number of imidazole rings is 1. The van der Waals surface area contributed by atoms with E-state index in [0.717, 1.165) is 12.8 Å². The number of rotatable bonds is 5. The minimum Gasteiger partial charge on any atom is -0.477 e. The zero-order valence-corrected chi connectivity index (χ0v) is 21.7. The number of carboxylic acid groups (broad SMARTS) is 1. The Labute approximate surface area is 205 Å². The number of pyridine rings is 1. The molecule has 192 valence electrons. The van der Waals surface area contributed by atoms with Crippen molar-refractivity contribution in [3.63, 3.8) is 0 Å². The van der Waals surface area contributed by atoms with Crippen molar-refractivity contribution in [1.29, 1.82) is 0 Å². The van der Waals surface area contributed by atoms with Crippen LogP contribution in [0.15, 0.2) is 23.4 Å². The van der Waals surface area contributed by atoms with E-state index in [9.17, 15) is 23.1 Å². The van der Waals surface area contributed by atoms with Crippen LogP contribution in [-0.2, 0) is 14.8 Å². The van der Waals surface area contributed by atoms with Crippen LogP contribution in [0.3, 0.4) is 0 Å². The molecule has 0 unspecified atom stereocenters. The Kier molecular flexibility index (Phi) is 6.03. The van der Waals surface area contributed by atoms with Crippen molar-refractivity contribution >= 4 is 33.4 Å². The Bertz CT molecular complexity index is 1270. The summed E-state index contributed by atoms with van der Waals surface area (Å²) in [5.41, 5.74) is -0.422. The van der Waals surface area contributed by atoms with Gasteiger partial charge in [0, 0.05) is 24.8 Å². The van der Waals surface area contributed by atoms with Gasteiger partial charge < -0.3 is 14.7 Å². The van der Waals surface area contributed by atoms with Crippen molar-refractivity contribution in [2.24, 2.45) is 0 Å². The fourth-order valence-electron chi connectivity index (χ4n) is 4.45. The lowest BCUT2D eigenvalue weighted by Crippen LogP contribution is -2.59. The lowest BCUT2D eigenvalue weighted by atomic mass is 10.1. The maximum Gasteiger partial charge on any atom is 0.410 e. The van der Waals surface area contributed by atoms with Gasteiger partial charge in [0.15, 0.2) is 11.3 Å². The molecule has 4 rings (SSSR count). The first kappa shape index (κ1) is 25.2. The molecule has 2 aliphatic rings. The second-order valence-electron chi connectivity index (χ2n) is 10.9. The molecule has 2 fully saturated rings. The summed E-state index contributed by atoms with van der Waals surface area (Å²) in [6.45, 7) is 11.9. The summed E-state index contributed by atoms with van der Waals surface area (Å²) in [6.07, 6.45) is 3.60. The van der Waals surface area contributed by atoms with E-state index in [1.165, 1.54) is 22.9 Å². The fourth-order valence-corrected chi connectivity index (χ4v) is 5.93. The molecule has 35 heavy (non-hydrogen) atoms. The molecule has 2 aromatic heterocycles. The van der Waals surface area contributed by atoms with E-state index >= 15 is 0 Å². The maximum atomic E-state index is 13.2. The monoisotopic (exact) mass is 507 g/mol. The van der Waals surface area contributed by atoms with Crippen LogP contribution in [0.2, 0.25) is 0 Å². The molecule has 11 nitrogen and oxygen atoms in total. The van der Waals surface area contributed by atoms with Crippen LogP contribution in [0.25, 0.3) is 5.65 Å². The van der Waals surface area contributed by atoms with Gasteiger partial charge in [0.05, 0.1) is 24.0 Å². The van der Waals surface area contributed by atoms with Crippen molar-refractivity contribution in [3.05, 3.63) is 24.2 Å². The van der Waals surface area contributed by atoms with Gasteiger partial charge in [0.25, 0.3) is 0 Å². The van der Waals surface area contributed by atoms with Crippen LogP contribution in [0.5, 0.6) is 0 Å². The molecule has 1 amide bonds. The third kappa shape index (κ3) is 5.08. The molecule has 1 saturated carbocycles. The van der Waals surface area contributed by atoms with Gasteiger partial charge in [-0.05, 0) is 60.5 Å². The molecule has 1 saturated heterocycles. The number of nitrogens with zero attached hydrogens (tertiary/aromatic N) is 4. The van der Waals surface area contributed by atoms with E-state index in [1.807, 2.05) is 46.4 Å². The molecule has 2 atom stereocenters. The van der Waals surface area contributed by atoms with Gasteiger partial charge in [-0.25, -0.2) is 27.7 Å². The predicted molar refractivity (Wildman–Crippen MR) is 129 cm³/mol. The number of nitrogens with one attached hydrogen (secondary N) is 1. The number of sulfonamides is 1. The number of anilines is 1. The molecular weight excluding hydrogens is 474 g/mol. The first-order chi connectivity index (χ1) is 16.1. The zero-order chi connectivity index (χ0) is 25.9. The summed E-state index contributed by atoms with van der Waals surface area (Å²) in [6, 6.07) is 1.04. The minimum absolute atomic E-state index is 0.0384. The van der Waals surface area contributed by atoms with Crippen LogP contribution >= 0.6 is 0 Å². The number of aromatic nitrogens is 2. The van der Waals surface area contributed by atoms with Crippen molar-refractivity contribution < 1.29 is 27.9 Å². The molecule has 1 aliphatic carbocycles.